The van der Waals surface area contributed by atoms with Gasteiger partial charge in [0.1, 0.15) is 11.5 Å². The van der Waals surface area contributed by atoms with E-state index >= 15 is 0 Å². The van der Waals surface area contributed by atoms with Gasteiger partial charge in [0.05, 0.1) is 12.4 Å². The normalized spacial score (nSPS) is 10.3. The van der Waals surface area contributed by atoms with Crippen molar-refractivity contribution < 1.29 is 4.79 Å². The lowest BCUT2D eigenvalue weighted by Crippen LogP contribution is -2.14. The zero-order valence-corrected chi connectivity index (χ0v) is 14.2. The molecule has 0 aliphatic rings. The number of benzene rings is 1. The zero-order chi connectivity index (χ0) is 17.6. The van der Waals surface area contributed by atoms with Gasteiger partial charge in [-0.1, -0.05) is 6.07 Å². The Morgan fingerprint density at radius 3 is 2.48 bits per heavy atom. The third kappa shape index (κ3) is 4.38. The van der Waals surface area contributed by atoms with Gasteiger partial charge < -0.3 is 10.6 Å². The maximum absolute atomic E-state index is 12.3. The van der Waals surface area contributed by atoms with E-state index in [0.717, 1.165) is 16.8 Å². The van der Waals surface area contributed by atoms with Crippen molar-refractivity contribution in [3.8, 4) is 0 Å². The molecular weight excluding hydrogens is 314 g/mol. The molecule has 6 heteroatoms. The van der Waals surface area contributed by atoms with Crippen LogP contribution in [0.2, 0.25) is 0 Å². The second-order valence-electron chi connectivity index (χ2n) is 5.75. The van der Waals surface area contributed by atoms with Crippen molar-refractivity contribution in [3.63, 3.8) is 0 Å². The number of hydrogen-bond donors (Lipinski definition) is 2. The van der Waals surface area contributed by atoms with Gasteiger partial charge in [-0.25, -0.2) is 9.97 Å². The fourth-order valence-corrected chi connectivity index (χ4v) is 2.24. The Morgan fingerprint density at radius 1 is 1.00 bits per heavy atom. The topological polar surface area (TPSA) is 79.8 Å². The minimum absolute atomic E-state index is 0.271. The predicted molar refractivity (Wildman–Crippen MR) is 97.5 cm³/mol. The second-order valence-corrected chi connectivity index (χ2v) is 5.75. The number of amides is 1. The Bertz CT molecular complexity index is 863. The van der Waals surface area contributed by atoms with Crippen LogP contribution in [0.25, 0.3) is 0 Å². The number of carbonyl (C=O) groups is 1. The van der Waals surface area contributed by atoms with Crippen LogP contribution < -0.4 is 10.6 Å². The van der Waals surface area contributed by atoms with Gasteiger partial charge in [-0.05, 0) is 54.8 Å². The fraction of sp³-hybridized carbons (Fsp3) is 0.158. The molecule has 2 heterocycles. The van der Waals surface area contributed by atoms with Crippen LogP contribution in [0, 0.1) is 13.8 Å². The third-order valence-corrected chi connectivity index (χ3v) is 3.87. The van der Waals surface area contributed by atoms with Crippen LogP contribution in [0.4, 0.5) is 11.5 Å². The Balaban J connectivity index is 1.61. The summed E-state index contributed by atoms with van der Waals surface area (Å²) in [4.78, 5) is 24.7. The lowest BCUT2D eigenvalue weighted by molar-refractivity contribution is 0.102. The SMILES string of the molecule is Cc1ccc(NC(=O)c2cnc(NCc3ccncc3)cn2)cc1C. The summed E-state index contributed by atoms with van der Waals surface area (Å²) in [5, 5.41) is 5.99. The van der Waals surface area contributed by atoms with Crippen molar-refractivity contribution in [1.82, 2.24) is 15.0 Å². The van der Waals surface area contributed by atoms with E-state index in [1.54, 1.807) is 18.6 Å². The van der Waals surface area contributed by atoms with E-state index in [1.807, 2.05) is 44.2 Å². The molecule has 0 saturated carbocycles. The third-order valence-electron chi connectivity index (χ3n) is 3.87. The molecule has 3 aromatic rings. The molecule has 0 aliphatic heterocycles. The second kappa shape index (κ2) is 7.53. The summed E-state index contributed by atoms with van der Waals surface area (Å²) in [5.41, 5.74) is 4.41. The van der Waals surface area contributed by atoms with E-state index < -0.39 is 0 Å². The average Bonchev–Trinajstić information content (AvgIpc) is 2.64. The van der Waals surface area contributed by atoms with Crippen molar-refractivity contribution >= 4 is 17.4 Å². The van der Waals surface area contributed by atoms with Crippen LogP contribution in [0.15, 0.2) is 55.1 Å². The highest BCUT2D eigenvalue weighted by Gasteiger charge is 2.09. The van der Waals surface area contributed by atoms with Crippen LogP contribution in [-0.4, -0.2) is 20.9 Å². The van der Waals surface area contributed by atoms with Gasteiger partial charge >= 0.3 is 0 Å². The molecule has 0 spiro atoms. The molecule has 6 nitrogen and oxygen atoms in total. The lowest BCUT2D eigenvalue weighted by Gasteiger charge is -2.08. The number of aryl methyl sites for hydroxylation is 2. The monoisotopic (exact) mass is 333 g/mol. The van der Waals surface area contributed by atoms with Gasteiger partial charge in [0, 0.05) is 24.6 Å². The van der Waals surface area contributed by atoms with E-state index in [2.05, 4.69) is 25.6 Å². The van der Waals surface area contributed by atoms with Gasteiger partial charge in [0.15, 0.2) is 0 Å². The summed E-state index contributed by atoms with van der Waals surface area (Å²) in [6.07, 6.45) is 6.49. The van der Waals surface area contributed by atoms with E-state index in [0.29, 0.717) is 12.4 Å². The van der Waals surface area contributed by atoms with Crippen molar-refractivity contribution in [2.24, 2.45) is 0 Å². The van der Waals surface area contributed by atoms with Crippen LogP contribution in [0.1, 0.15) is 27.2 Å². The van der Waals surface area contributed by atoms with Gasteiger partial charge in [0.25, 0.3) is 5.91 Å². The smallest absolute Gasteiger partial charge is 0.275 e. The summed E-state index contributed by atoms with van der Waals surface area (Å²) in [5.74, 6) is 0.330. The molecule has 1 amide bonds. The lowest BCUT2D eigenvalue weighted by atomic mass is 10.1. The highest BCUT2D eigenvalue weighted by atomic mass is 16.1. The van der Waals surface area contributed by atoms with Gasteiger partial charge in [0.2, 0.25) is 0 Å². The number of pyridine rings is 1. The summed E-state index contributed by atoms with van der Waals surface area (Å²) in [7, 11) is 0. The van der Waals surface area contributed by atoms with E-state index in [1.165, 1.54) is 11.8 Å². The van der Waals surface area contributed by atoms with Crippen LogP contribution in [-0.2, 0) is 6.54 Å². The molecule has 0 bridgehead atoms. The molecule has 0 unspecified atom stereocenters. The first-order valence-electron chi connectivity index (χ1n) is 7.95. The predicted octanol–water partition coefficient (Wildman–Crippen LogP) is 3.35. The summed E-state index contributed by atoms with van der Waals surface area (Å²) in [6.45, 7) is 4.66. The molecule has 0 saturated heterocycles. The fourth-order valence-electron chi connectivity index (χ4n) is 2.24. The molecule has 0 aliphatic carbocycles. The van der Waals surface area contributed by atoms with Gasteiger partial charge in [-0.2, -0.15) is 0 Å². The Morgan fingerprint density at radius 2 is 1.80 bits per heavy atom. The number of nitrogens with one attached hydrogen (secondary N) is 2. The molecule has 2 N–H and O–H groups in total. The number of carbonyl (C=O) groups excluding carboxylic acids is 1. The largest absolute Gasteiger partial charge is 0.365 e. The van der Waals surface area contributed by atoms with Crippen LogP contribution >= 0.6 is 0 Å². The first-order valence-corrected chi connectivity index (χ1v) is 7.95. The van der Waals surface area contributed by atoms with Crippen LogP contribution in [0.3, 0.4) is 0 Å². The van der Waals surface area contributed by atoms with Crippen molar-refractivity contribution in [2.75, 3.05) is 10.6 Å². The quantitative estimate of drug-likeness (QED) is 0.748. The Kier molecular flexibility index (Phi) is 4.99. The van der Waals surface area contributed by atoms with Gasteiger partial charge in [-0.3, -0.25) is 9.78 Å². The first-order chi connectivity index (χ1) is 12.1. The maximum atomic E-state index is 12.3. The minimum atomic E-state index is -0.281. The zero-order valence-electron chi connectivity index (χ0n) is 14.2. The number of anilines is 2. The highest BCUT2D eigenvalue weighted by Crippen LogP contribution is 2.15. The molecule has 2 aromatic heterocycles. The summed E-state index contributed by atoms with van der Waals surface area (Å²) in [6, 6.07) is 9.63. The number of nitrogens with zero attached hydrogens (tertiary/aromatic N) is 3. The standard InChI is InChI=1S/C19H19N5O/c1-13-3-4-16(9-14(13)2)24-19(25)17-11-23-18(12-21-17)22-10-15-5-7-20-8-6-15/h3-9,11-12H,10H2,1-2H3,(H,22,23)(H,24,25). The number of aromatic nitrogens is 3. The molecule has 25 heavy (non-hydrogen) atoms. The van der Waals surface area contributed by atoms with E-state index in [4.69, 9.17) is 0 Å². The molecule has 3 rings (SSSR count). The maximum Gasteiger partial charge on any atom is 0.275 e. The number of hydrogen-bond acceptors (Lipinski definition) is 5. The van der Waals surface area contributed by atoms with E-state index in [9.17, 15) is 4.79 Å². The minimum Gasteiger partial charge on any atom is -0.365 e. The molecule has 1 aromatic carbocycles. The Labute approximate surface area is 146 Å². The van der Waals surface area contributed by atoms with Gasteiger partial charge in [-0.15, -0.1) is 0 Å². The van der Waals surface area contributed by atoms with Crippen molar-refractivity contribution in [1.29, 1.82) is 0 Å². The highest BCUT2D eigenvalue weighted by molar-refractivity contribution is 6.02. The average molecular weight is 333 g/mol. The van der Waals surface area contributed by atoms with Crippen molar-refractivity contribution in [2.45, 2.75) is 20.4 Å². The molecular formula is C19H19N5O. The molecule has 126 valence electrons. The summed E-state index contributed by atoms with van der Waals surface area (Å²) < 4.78 is 0. The molecule has 0 radical (unpaired) electrons. The van der Waals surface area contributed by atoms with E-state index in [-0.39, 0.29) is 11.6 Å². The number of rotatable bonds is 5. The van der Waals surface area contributed by atoms with Crippen LogP contribution in [0.5, 0.6) is 0 Å². The molecule has 0 atom stereocenters. The summed E-state index contributed by atoms with van der Waals surface area (Å²) >= 11 is 0. The first kappa shape index (κ1) is 16.6. The molecule has 0 fully saturated rings. The Hall–Kier alpha value is -3.28. The van der Waals surface area contributed by atoms with Crippen molar-refractivity contribution in [3.05, 3.63) is 77.5 Å².